The number of carbonyl (C=O) groups excluding carboxylic acids is 3. The zero-order valence-corrected chi connectivity index (χ0v) is 28.1. The van der Waals surface area contributed by atoms with Gasteiger partial charge in [-0.25, -0.2) is 9.97 Å². The number of rotatable bonds is 4. The number of alkyl halides is 2. The molecule has 1 saturated carbocycles. The molecule has 1 aromatic carbocycles. The van der Waals surface area contributed by atoms with Crippen molar-refractivity contribution in [2.45, 2.75) is 109 Å². The Labute approximate surface area is 280 Å². The lowest BCUT2D eigenvalue weighted by atomic mass is 9.69. The second-order valence-corrected chi connectivity index (χ2v) is 14.3. The van der Waals surface area contributed by atoms with Gasteiger partial charge in [0.2, 0.25) is 11.8 Å². The molecule has 4 heterocycles. The molecule has 0 unspecified atom stereocenters. The molecule has 48 heavy (non-hydrogen) atoms. The molecule has 1 aliphatic carbocycles. The number of aromatic nitrogens is 2. The van der Waals surface area contributed by atoms with Crippen molar-refractivity contribution in [1.29, 1.82) is 0 Å². The van der Waals surface area contributed by atoms with E-state index in [2.05, 4.69) is 9.97 Å². The molecule has 0 N–H and O–H groups in total. The van der Waals surface area contributed by atoms with E-state index in [9.17, 15) is 14.4 Å². The Morgan fingerprint density at radius 1 is 1.00 bits per heavy atom. The summed E-state index contributed by atoms with van der Waals surface area (Å²) in [4.78, 5) is 51.3. The van der Waals surface area contributed by atoms with Crippen LogP contribution in [0.25, 0.3) is 11.0 Å². The van der Waals surface area contributed by atoms with Crippen LogP contribution in [0.2, 0.25) is 0 Å². The summed E-state index contributed by atoms with van der Waals surface area (Å²) in [5.41, 5.74) is -0.501. The first kappa shape index (κ1) is 34.5. The number of methoxy groups -OCH3 is 1. The van der Waals surface area contributed by atoms with Gasteiger partial charge in [0.25, 0.3) is 5.92 Å². The molecule has 6 atom stereocenters. The normalized spacial score (nSPS) is 31.1. The van der Waals surface area contributed by atoms with Gasteiger partial charge >= 0.3 is 5.97 Å². The van der Waals surface area contributed by atoms with E-state index >= 15 is 8.78 Å². The monoisotopic (exact) mass is 671 g/mol. The van der Waals surface area contributed by atoms with Crippen LogP contribution in [-0.4, -0.2) is 78.1 Å². The molecule has 262 valence electrons. The Bertz CT molecular complexity index is 1500. The average Bonchev–Trinajstić information content (AvgIpc) is 3.67. The molecule has 3 aliphatic heterocycles. The van der Waals surface area contributed by atoms with Crippen LogP contribution < -0.4 is 9.47 Å². The van der Waals surface area contributed by atoms with E-state index < -0.39 is 53.4 Å². The summed E-state index contributed by atoms with van der Waals surface area (Å²) >= 11 is 0. The van der Waals surface area contributed by atoms with Gasteiger partial charge in [-0.3, -0.25) is 9.59 Å². The summed E-state index contributed by atoms with van der Waals surface area (Å²) < 4.78 is 55.6. The fourth-order valence-electron chi connectivity index (χ4n) is 8.31. The molecule has 1 aromatic heterocycles. The summed E-state index contributed by atoms with van der Waals surface area (Å²) in [6.07, 6.45) is 4.57. The van der Waals surface area contributed by atoms with Gasteiger partial charge in [-0.15, -0.1) is 0 Å². The van der Waals surface area contributed by atoms with Crippen LogP contribution in [0.1, 0.15) is 90.2 Å². The first-order valence-corrected chi connectivity index (χ1v) is 17.5. The number of fused-ring (bicyclic) bond motifs is 5. The zero-order chi connectivity index (χ0) is 34.1. The third-order valence-electron chi connectivity index (χ3n) is 11.3. The molecule has 3 fully saturated rings. The van der Waals surface area contributed by atoms with Gasteiger partial charge < -0.3 is 28.6 Å². The van der Waals surface area contributed by atoms with Crippen molar-refractivity contribution in [3.63, 3.8) is 0 Å². The smallest absolute Gasteiger partial charge is 0.306 e. The molecule has 6 rings (SSSR count). The first-order chi connectivity index (χ1) is 23.1. The van der Waals surface area contributed by atoms with E-state index in [1.54, 1.807) is 18.2 Å². The van der Waals surface area contributed by atoms with E-state index in [0.29, 0.717) is 63.0 Å². The third-order valence-corrected chi connectivity index (χ3v) is 11.3. The van der Waals surface area contributed by atoms with Crippen molar-refractivity contribution in [2.24, 2.45) is 23.2 Å². The van der Waals surface area contributed by atoms with Gasteiger partial charge in [-0.2, -0.15) is 8.78 Å². The highest BCUT2D eigenvalue weighted by molar-refractivity contribution is 5.87. The minimum Gasteiger partial charge on any atom is -0.497 e. The molecule has 1 amide bonds. The lowest BCUT2D eigenvalue weighted by Crippen LogP contribution is -2.49. The van der Waals surface area contributed by atoms with Gasteiger partial charge in [0.05, 0.1) is 43.1 Å². The van der Waals surface area contributed by atoms with Crippen molar-refractivity contribution in [1.82, 2.24) is 14.9 Å². The van der Waals surface area contributed by atoms with Crippen LogP contribution in [-0.2, 0) is 29.8 Å². The Balaban J connectivity index is 1.42. The molecule has 4 aliphatic rings. The average molecular weight is 672 g/mol. The minimum absolute atomic E-state index is 0.0214. The lowest BCUT2D eigenvalue weighted by Gasteiger charge is -2.41. The topological polar surface area (TPSA) is 117 Å². The maximum atomic E-state index is 16.1. The van der Waals surface area contributed by atoms with E-state index in [0.717, 1.165) is 19.1 Å². The quantitative estimate of drug-likeness (QED) is 0.284. The van der Waals surface area contributed by atoms with Gasteiger partial charge in [0.1, 0.15) is 24.2 Å². The SMILES string of the molecule is CC[C@@H]1[C@@H]2CN(C(=O)[C@H](C3(C)CCOCC3)CC(=O)O[C@@H]3CCC[C@H]3CCCCC(F)(F)c3nc4ccc(OC)cc4nc3O2)[C@@H]1C=O. The standard InChI is InChI=1S/C36H47F2N3O7/c1-4-24-28(21-42)41-20-30(24)48-33-32(39-26-12-11-23(45-3)18-27(26)40-33)36(37,38)13-6-5-8-22-9-7-10-29(22)47-31(43)19-25(34(41)44)35(2)14-16-46-17-15-35/h11-12,18,21-22,24-25,28-30H,4-10,13-17,19-20H2,1-3H3/t22-,24+,25-,28-,29-,30+/m1/s1. The maximum Gasteiger partial charge on any atom is 0.306 e. The van der Waals surface area contributed by atoms with Crippen molar-refractivity contribution in [3.8, 4) is 11.6 Å². The highest BCUT2D eigenvalue weighted by Gasteiger charge is 2.51. The molecule has 2 bridgehead atoms. The third kappa shape index (κ3) is 6.87. The molecule has 2 saturated heterocycles. The van der Waals surface area contributed by atoms with Crippen LogP contribution in [0.4, 0.5) is 8.78 Å². The van der Waals surface area contributed by atoms with Crippen LogP contribution >= 0.6 is 0 Å². The largest absolute Gasteiger partial charge is 0.497 e. The highest BCUT2D eigenvalue weighted by Crippen LogP contribution is 2.45. The predicted octanol–water partition coefficient (Wildman–Crippen LogP) is 6.02. The lowest BCUT2D eigenvalue weighted by molar-refractivity contribution is -0.160. The van der Waals surface area contributed by atoms with Crippen molar-refractivity contribution < 1.29 is 42.1 Å². The van der Waals surface area contributed by atoms with Gasteiger partial charge in [-0.1, -0.05) is 20.3 Å². The number of hydrogen-bond acceptors (Lipinski definition) is 9. The zero-order valence-electron chi connectivity index (χ0n) is 28.1. The van der Waals surface area contributed by atoms with Crippen LogP contribution in [0, 0.1) is 23.2 Å². The Morgan fingerprint density at radius 3 is 2.50 bits per heavy atom. The molecule has 12 heteroatoms. The summed E-state index contributed by atoms with van der Waals surface area (Å²) in [6.45, 7) is 4.78. The highest BCUT2D eigenvalue weighted by atomic mass is 19.3. The number of benzene rings is 1. The van der Waals surface area contributed by atoms with Gasteiger partial charge in [0, 0.05) is 31.6 Å². The van der Waals surface area contributed by atoms with Crippen LogP contribution in [0.5, 0.6) is 11.6 Å². The van der Waals surface area contributed by atoms with Gasteiger partial charge in [-0.05, 0) is 74.8 Å². The number of amides is 1. The predicted molar refractivity (Wildman–Crippen MR) is 172 cm³/mol. The molecular weight excluding hydrogens is 624 g/mol. The van der Waals surface area contributed by atoms with Crippen molar-refractivity contribution >= 4 is 29.2 Å². The summed E-state index contributed by atoms with van der Waals surface area (Å²) in [6, 6.07) is 3.98. The number of halogens is 2. The summed E-state index contributed by atoms with van der Waals surface area (Å²) in [7, 11) is 1.50. The van der Waals surface area contributed by atoms with Crippen molar-refractivity contribution in [2.75, 3.05) is 26.9 Å². The van der Waals surface area contributed by atoms with Crippen LogP contribution in [0.3, 0.4) is 0 Å². The Hall–Kier alpha value is -3.41. The molecule has 10 nitrogen and oxygen atoms in total. The summed E-state index contributed by atoms with van der Waals surface area (Å²) in [5.74, 6) is -5.10. The second-order valence-electron chi connectivity index (χ2n) is 14.3. The number of ether oxygens (including phenoxy) is 4. The number of carbonyl (C=O) groups is 3. The number of nitrogens with zero attached hydrogens (tertiary/aromatic N) is 3. The maximum absolute atomic E-state index is 16.1. The van der Waals surface area contributed by atoms with Gasteiger partial charge in [0.15, 0.2) is 5.69 Å². The van der Waals surface area contributed by atoms with E-state index in [4.69, 9.17) is 18.9 Å². The van der Waals surface area contributed by atoms with E-state index in [-0.39, 0.29) is 48.7 Å². The molecule has 2 aromatic rings. The summed E-state index contributed by atoms with van der Waals surface area (Å²) in [5, 5.41) is 0. The molecule has 0 spiro atoms. The fourth-order valence-corrected chi connectivity index (χ4v) is 8.31. The molecule has 0 radical (unpaired) electrons. The van der Waals surface area contributed by atoms with Crippen molar-refractivity contribution in [3.05, 3.63) is 23.9 Å². The first-order valence-electron chi connectivity index (χ1n) is 17.5. The number of esters is 1. The fraction of sp³-hybridized carbons (Fsp3) is 0.694. The van der Waals surface area contributed by atoms with E-state index in [1.165, 1.54) is 12.0 Å². The second kappa shape index (κ2) is 14.2. The number of aldehydes is 1. The number of hydrogen-bond donors (Lipinski definition) is 0. The Morgan fingerprint density at radius 2 is 1.77 bits per heavy atom. The van der Waals surface area contributed by atoms with Crippen LogP contribution in [0.15, 0.2) is 18.2 Å². The van der Waals surface area contributed by atoms with E-state index in [1.807, 2.05) is 13.8 Å². The Kier molecular flexibility index (Phi) is 10.2. The minimum atomic E-state index is -3.36. The molecular formula is C36H47F2N3O7.